The van der Waals surface area contributed by atoms with Crippen molar-refractivity contribution < 1.29 is 23.9 Å². The first-order valence-electron chi connectivity index (χ1n) is 6.21. The van der Waals surface area contributed by atoms with Gasteiger partial charge in [0.2, 0.25) is 0 Å². The number of rotatable bonds is 8. The molecule has 0 aliphatic rings. The van der Waals surface area contributed by atoms with Crippen LogP contribution in [0.2, 0.25) is 0 Å². The van der Waals surface area contributed by atoms with Crippen molar-refractivity contribution in [3.05, 3.63) is 0 Å². The molecule has 0 radical (unpaired) electrons. The maximum atomic E-state index is 11.7. The number of hydrogen-bond acceptors (Lipinski definition) is 5. The van der Waals surface area contributed by atoms with Gasteiger partial charge in [-0.1, -0.05) is 19.1 Å². The molecule has 0 aromatic heterocycles. The molecule has 0 aromatic carbocycles. The molecule has 0 heterocycles. The van der Waals surface area contributed by atoms with Gasteiger partial charge in [0.1, 0.15) is 6.54 Å². The van der Waals surface area contributed by atoms with Crippen LogP contribution >= 0.6 is 12.2 Å². The number of nitrogens with zero attached hydrogens (tertiary/aromatic N) is 1. The van der Waals surface area contributed by atoms with Crippen LogP contribution in [0.4, 0.5) is 0 Å². The van der Waals surface area contributed by atoms with E-state index in [1.807, 2.05) is 28.1 Å². The van der Waals surface area contributed by atoms with Crippen LogP contribution in [0.15, 0.2) is 0 Å². The van der Waals surface area contributed by atoms with Crippen LogP contribution in [0, 0.1) is 5.92 Å². The lowest BCUT2D eigenvalue weighted by molar-refractivity contribution is -0.873. The minimum atomic E-state index is -1.22. The molecule has 5 nitrogen and oxygen atoms in total. The number of aliphatic carboxylic acids is 1. The summed E-state index contributed by atoms with van der Waals surface area (Å²) in [5, 5.41) is 10.7. The summed E-state index contributed by atoms with van der Waals surface area (Å²) in [5.41, 5.74) is 0. The molecule has 0 bridgehead atoms. The molecule has 0 aliphatic carbocycles. The lowest BCUT2D eigenvalue weighted by Gasteiger charge is -2.29. The molecule has 110 valence electrons. The van der Waals surface area contributed by atoms with Gasteiger partial charge in [-0.15, -0.1) is 0 Å². The number of hydrogen-bond donors (Lipinski definition) is 0. The molecule has 19 heavy (non-hydrogen) atoms. The summed E-state index contributed by atoms with van der Waals surface area (Å²) in [7, 11) is 5.71. The van der Waals surface area contributed by atoms with Gasteiger partial charge in [0.05, 0.1) is 27.6 Å². The fourth-order valence-corrected chi connectivity index (χ4v) is 1.65. The van der Waals surface area contributed by atoms with Crippen LogP contribution in [0.1, 0.15) is 26.7 Å². The van der Waals surface area contributed by atoms with E-state index in [4.69, 9.17) is 17.0 Å². The molecule has 2 atom stereocenters. The predicted molar refractivity (Wildman–Crippen MR) is 74.5 cm³/mol. The standard InChI is InChI=1S/C13H23NO4S/c1-9(10(2)19)6-13(17)18-11(7-12(15)16)8-14(3,4)5/h9,11H,6-8H2,1-5H3. The molecule has 0 N–H and O–H groups in total. The van der Waals surface area contributed by atoms with Gasteiger partial charge in [-0.05, 0) is 17.7 Å². The molecule has 0 aromatic rings. The Bertz CT molecular complexity index is 349. The van der Waals surface area contributed by atoms with Crippen LogP contribution in [0.5, 0.6) is 0 Å². The number of thiocarbonyl (C=S) groups is 1. The van der Waals surface area contributed by atoms with E-state index in [0.717, 1.165) is 4.86 Å². The Morgan fingerprint density at radius 3 is 2.16 bits per heavy atom. The van der Waals surface area contributed by atoms with Crippen LogP contribution in [0.3, 0.4) is 0 Å². The van der Waals surface area contributed by atoms with E-state index in [-0.39, 0.29) is 18.8 Å². The van der Waals surface area contributed by atoms with Crippen molar-refractivity contribution in [1.82, 2.24) is 0 Å². The van der Waals surface area contributed by atoms with E-state index in [9.17, 15) is 14.7 Å². The van der Waals surface area contributed by atoms with E-state index < -0.39 is 18.0 Å². The van der Waals surface area contributed by atoms with Gasteiger partial charge in [-0.2, -0.15) is 0 Å². The summed E-state index contributed by atoms with van der Waals surface area (Å²) in [5.74, 6) is -1.68. The SMILES string of the molecule is CC(=S)C(C)CC(=O)OC(CC(=O)[O-])C[N+](C)(C)C. The second-order valence-electron chi connectivity index (χ2n) is 5.88. The largest absolute Gasteiger partial charge is 0.550 e. The van der Waals surface area contributed by atoms with Gasteiger partial charge >= 0.3 is 5.97 Å². The summed E-state index contributed by atoms with van der Waals surface area (Å²) < 4.78 is 5.73. The predicted octanol–water partition coefficient (Wildman–Crippen LogP) is 0.160. The molecule has 6 heteroatoms. The second-order valence-corrected chi connectivity index (χ2v) is 6.52. The Morgan fingerprint density at radius 2 is 1.79 bits per heavy atom. The zero-order valence-corrected chi connectivity index (χ0v) is 13.1. The number of esters is 1. The lowest BCUT2D eigenvalue weighted by atomic mass is 10.1. The average Bonchev–Trinajstić information content (AvgIpc) is 2.12. The Labute approximate surface area is 120 Å². The zero-order valence-electron chi connectivity index (χ0n) is 12.3. The van der Waals surface area contributed by atoms with E-state index in [2.05, 4.69) is 0 Å². The van der Waals surface area contributed by atoms with Gasteiger partial charge in [0, 0.05) is 12.4 Å². The minimum absolute atomic E-state index is 0.0461. The highest BCUT2D eigenvalue weighted by atomic mass is 32.1. The van der Waals surface area contributed by atoms with E-state index in [0.29, 0.717) is 11.0 Å². The number of likely N-dealkylation sites (N-methyl/N-ethyl adjacent to an activating group) is 1. The van der Waals surface area contributed by atoms with Gasteiger partial charge < -0.3 is 19.1 Å². The highest BCUT2D eigenvalue weighted by Gasteiger charge is 2.23. The fourth-order valence-electron chi connectivity index (χ4n) is 1.57. The normalized spacial score (nSPS) is 14.6. The van der Waals surface area contributed by atoms with Crippen molar-refractivity contribution >= 4 is 29.0 Å². The molecule has 0 spiro atoms. The van der Waals surface area contributed by atoms with E-state index in [1.165, 1.54) is 0 Å². The van der Waals surface area contributed by atoms with Gasteiger partial charge in [0.15, 0.2) is 6.10 Å². The molecule has 0 fully saturated rings. The molecule has 2 unspecified atom stereocenters. The lowest BCUT2D eigenvalue weighted by Crippen LogP contribution is -2.45. The summed E-state index contributed by atoms with van der Waals surface area (Å²) in [6.45, 7) is 4.04. The van der Waals surface area contributed by atoms with Gasteiger partial charge in [0.25, 0.3) is 0 Å². The van der Waals surface area contributed by atoms with Crippen molar-refractivity contribution in [1.29, 1.82) is 0 Å². The highest BCUT2D eigenvalue weighted by Crippen LogP contribution is 2.10. The summed E-state index contributed by atoms with van der Waals surface area (Å²) in [4.78, 5) is 23.1. The first-order chi connectivity index (χ1) is 8.51. The molecule has 0 amide bonds. The topological polar surface area (TPSA) is 66.4 Å². The van der Waals surface area contributed by atoms with Crippen molar-refractivity contribution in [2.24, 2.45) is 5.92 Å². The first-order valence-corrected chi connectivity index (χ1v) is 6.62. The van der Waals surface area contributed by atoms with Crippen LogP contribution < -0.4 is 5.11 Å². The molecule has 0 aliphatic heterocycles. The third-order valence-electron chi connectivity index (χ3n) is 2.61. The summed E-state index contributed by atoms with van der Waals surface area (Å²) in [6.07, 6.45) is -0.780. The van der Waals surface area contributed by atoms with E-state index >= 15 is 0 Å². The Kier molecular flexibility index (Phi) is 7.15. The van der Waals surface area contributed by atoms with Crippen LogP contribution in [0.25, 0.3) is 0 Å². The molecule has 0 rings (SSSR count). The number of quaternary nitrogens is 1. The summed E-state index contributed by atoms with van der Waals surface area (Å²) >= 11 is 4.99. The molecular formula is C13H23NO4S. The Balaban J connectivity index is 4.50. The van der Waals surface area contributed by atoms with Crippen molar-refractivity contribution in [2.75, 3.05) is 27.7 Å². The average molecular weight is 289 g/mol. The highest BCUT2D eigenvalue weighted by molar-refractivity contribution is 7.80. The van der Waals surface area contributed by atoms with E-state index in [1.54, 1.807) is 6.92 Å². The second kappa shape index (κ2) is 7.55. The molecule has 0 saturated carbocycles. The number of ether oxygens (including phenoxy) is 1. The Hall–Kier alpha value is -1.01. The van der Waals surface area contributed by atoms with Gasteiger partial charge in [-0.3, -0.25) is 4.79 Å². The number of carbonyl (C=O) groups excluding carboxylic acids is 2. The monoisotopic (exact) mass is 289 g/mol. The molecular weight excluding hydrogens is 266 g/mol. The quantitative estimate of drug-likeness (QED) is 0.362. The third kappa shape index (κ3) is 9.55. The maximum Gasteiger partial charge on any atom is 0.306 e. The smallest absolute Gasteiger partial charge is 0.306 e. The fraction of sp³-hybridized carbons (Fsp3) is 0.769. The number of carboxylic acids is 1. The minimum Gasteiger partial charge on any atom is -0.550 e. The van der Waals surface area contributed by atoms with Crippen molar-refractivity contribution in [3.63, 3.8) is 0 Å². The Morgan fingerprint density at radius 1 is 1.26 bits per heavy atom. The number of carbonyl (C=O) groups is 2. The maximum absolute atomic E-state index is 11.7. The van der Waals surface area contributed by atoms with Crippen LogP contribution in [-0.2, 0) is 14.3 Å². The van der Waals surface area contributed by atoms with Crippen molar-refractivity contribution in [2.45, 2.75) is 32.8 Å². The number of carboxylic acid groups (broad SMARTS) is 1. The zero-order chi connectivity index (χ0) is 15.2. The summed E-state index contributed by atoms with van der Waals surface area (Å²) in [6, 6.07) is 0. The molecule has 0 saturated heterocycles. The first kappa shape index (κ1) is 18.0. The van der Waals surface area contributed by atoms with Gasteiger partial charge in [-0.25, -0.2) is 0 Å². The van der Waals surface area contributed by atoms with Crippen LogP contribution in [-0.4, -0.2) is 55.1 Å². The third-order valence-corrected chi connectivity index (χ3v) is 3.01. The van der Waals surface area contributed by atoms with Crippen molar-refractivity contribution in [3.8, 4) is 0 Å².